The minimum Gasteiger partial charge on any atom is -0.354 e. The number of amides is 1. The van der Waals surface area contributed by atoms with Crippen LogP contribution in [0.5, 0.6) is 0 Å². The molecule has 1 aliphatic carbocycles. The highest BCUT2D eigenvalue weighted by Gasteiger charge is 2.28. The van der Waals surface area contributed by atoms with E-state index in [2.05, 4.69) is 5.32 Å². The van der Waals surface area contributed by atoms with Crippen LogP contribution in [0.1, 0.15) is 37.7 Å². The van der Waals surface area contributed by atoms with Crippen LogP contribution in [0.4, 0.5) is 0 Å². The molecule has 1 heterocycles. The number of hydrogen-bond acceptors (Lipinski definition) is 4. The molecule has 0 radical (unpaired) electrons. The molecule has 3 N–H and O–H groups in total. The molecule has 25 heavy (non-hydrogen) atoms. The summed E-state index contributed by atoms with van der Waals surface area (Å²) in [5.74, 6) is 0.474. The number of carbonyl (C=O) groups is 1. The highest BCUT2D eigenvalue weighted by molar-refractivity contribution is 7.89. The second kappa shape index (κ2) is 7.85. The zero-order valence-electron chi connectivity index (χ0n) is 14.5. The molecule has 1 saturated heterocycles. The van der Waals surface area contributed by atoms with Crippen LogP contribution >= 0.6 is 0 Å². The standard InChI is InChI=1S/C18H27N3O3S/c19-17(15-6-7-15)13-20-18(22)12-14-4-8-16(9-5-14)25(23,24)21-10-2-1-3-11-21/h4-5,8-9,15,17H,1-3,6-7,10-13,19H2,(H,20,22). The quantitative estimate of drug-likeness (QED) is 0.761. The van der Waals surface area contributed by atoms with Gasteiger partial charge in [-0.25, -0.2) is 8.42 Å². The summed E-state index contributed by atoms with van der Waals surface area (Å²) in [6.07, 6.45) is 5.47. The lowest BCUT2D eigenvalue weighted by Gasteiger charge is -2.25. The SMILES string of the molecule is NC(CNC(=O)Cc1ccc(S(=O)(=O)N2CCCCC2)cc1)C1CC1. The maximum Gasteiger partial charge on any atom is 0.243 e. The molecule has 1 aromatic rings. The second-order valence-corrected chi connectivity index (χ2v) is 9.03. The Morgan fingerprint density at radius 3 is 2.40 bits per heavy atom. The van der Waals surface area contributed by atoms with Crippen molar-refractivity contribution in [3.63, 3.8) is 0 Å². The first-order valence-electron chi connectivity index (χ1n) is 9.08. The molecule has 0 bridgehead atoms. The number of sulfonamides is 1. The number of nitrogens with zero attached hydrogens (tertiary/aromatic N) is 1. The smallest absolute Gasteiger partial charge is 0.243 e. The Hall–Kier alpha value is -1.44. The maximum atomic E-state index is 12.6. The van der Waals surface area contributed by atoms with Crippen LogP contribution in [0, 0.1) is 5.92 Å². The van der Waals surface area contributed by atoms with Crippen molar-refractivity contribution < 1.29 is 13.2 Å². The van der Waals surface area contributed by atoms with E-state index < -0.39 is 10.0 Å². The Labute approximate surface area is 149 Å². The molecular weight excluding hydrogens is 338 g/mol. The zero-order valence-corrected chi connectivity index (χ0v) is 15.3. The van der Waals surface area contributed by atoms with Crippen LogP contribution in [0.25, 0.3) is 0 Å². The van der Waals surface area contributed by atoms with E-state index in [9.17, 15) is 13.2 Å². The lowest BCUT2D eigenvalue weighted by atomic mass is 10.1. The summed E-state index contributed by atoms with van der Waals surface area (Å²) in [6.45, 7) is 1.69. The van der Waals surface area contributed by atoms with Gasteiger partial charge in [0.15, 0.2) is 0 Å². The predicted molar refractivity (Wildman–Crippen MR) is 96.5 cm³/mol. The van der Waals surface area contributed by atoms with E-state index in [1.54, 1.807) is 28.6 Å². The highest BCUT2D eigenvalue weighted by Crippen LogP contribution is 2.31. The summed E-state index contributed by atoms with van der Waals surface area (Å²) in [4.78, 5) is 12.3. The van der Waals surface area contributed by atoms with E-state index in [0.29, 0.717) is 30.4 Å². The van der Waals surface area contributed by atoms with Gasteiger partial charge in [0.1, 0.15) is 0 Å². The van der Waals surface area contributed by atoms with Crippen molar-refractivity contribution in [1.82, 2.24) is 9.62 Å². The summed E-state index contributed by atoms with van der Waals surface area (Å²) >= 11 is 0. The molecule has 1 aliphatic heterocycles. The fourth-order valence-electron chi connectivity index (χ4n) is 3.20. The van der Waals surface area contributed by atoms with Crippen LogP contribution in [-0.4, -0.2) is 44.3 Å². The van der Waals surface area contributed by atoms with Gasteiger partial charge in [0.2, 0.25) is 15.9 Å². The number of hydrogen-bond donors (Lipinski definition) is 2. The molecule has 7 heteroatoms. The molecule has 1 atom stereocenters. The lowest BCUT2D eigenvalue weighted by Crippen LogP contribution is -2.39. The molecular formula is C18H27N3O3S. The first kappa shape index (κ1) is 18.4. The van der Waals surface area contributed by atoms with E-state index in [0.717, 1.165) is 37.7 Å². The number of carbonyl (C=O) groups excluding carboxylic acids is 1. The first-order valence-corrected chi connectivity index (χ1v) is 10.5. The number of piperidine rings is 1. The fourth-order valence-corrected chi connectivity index (χ4v) is 4.72. The summed E-state index contributed by atoms with van der Waals surface area (Å²) in [5, 5.41) is 2.86. The lowest BCUT2D eigenvalue weighted by molar-refractivity contribution is -0.120. The Morgan fingerprint density at radius 2 is 1.80 bits per heavy atom. The van der Waals surface area contributed by atoms with E-state index in [1.807, 2.05) is 0 Å². The van der Waals surface area contributed by atoms with Crippen LogP contribution in [0.15, 0.2) is 29.2 Å². The third-order valence-corrected chi connectivity index (χ3v) is 6.92. The first-order chi connectivity index (χ1) is 12.0. The molecule has 1 amide bonds. The molecule has 6 nitrogen and oxygen atoms in total. The zero-order chi connectivity index (χ0) is 17.9. The minimum atomic E-state index is -3.42. The van der Waals surface area contributed by atoms with Crippen molar-refractivity contribution in [3.8, 4) is 0 Å². The molecule has 3 rings (SSSR count). The molecule has 0 aromatic heterocycles. The summed E-state index contributed by atoms with van der Waals surface area (Å²) in [6, 6.07) is 6.68. The monoisotopic (exact) mass is 365 g/mol. The third kappa shape index (κ3) is 4.80. The van der Waals surface area contributed by atoms with Gasteiger partial charge >= 0.3 is 0 Å². The van der Waals surface area contributed by atoms with Crippen molar-refractivity contribution >= 4 is 15.9 Å². The molecule has 1 unspecified atom stereocenters. The highest BCUT2D eigenvalue weighted by atomic mass is 32.2. The van der Waals surface area contributed by atoms with Crippen LogP contribution < -0.4 is 11.1 Å². The molecule has 1 aromatic carbocycles. The van der Waals surface area contributed by atoms with Gasteiger partial charge in [0, 0.05) is 25.7 Å². The Balaban J connectivity index is 1.55. The molecule has 2 fully saturated rings. The van der Waals surface area contributed by atoms with Crippen molar-refractivity contribution in [1.29, 1.82) is 0 Å². The largest absolute Gasteiger partial charge is 0.354 e. The van der Waals surface area contributed by atoms with Crippen molar-refractivity contribution in [2.75, 3.05) is 19.6 Å². The van der Waals surface area contributed by atoms with Crippen molar-refractivity contribution in [2.45, 2.75) is 49.5 Å². The number of benzene rings is 1. The van der Waals surface area contributed by atoms with Gasteiger partial charge in [-0.3, -0.25) is 4.79 Å². The van der Waals surface area contributed by atoms with Gasteiger partial charge < -0.3 is 11.1 Å². The summed E-state index contributed by atoms with van der Waals surface area (Å²) in [7, 11) is -3.42. The predicted octanol–water partition coefficient (Wildman–Crippen LogP) is 1.26. The number of rotatable bonds is 7. The maximum absolute atomic E-state index is 12.6. The van der Waals surface area contributed by atoms with Gasteiger partial charge in [-0.15, -0.1) is 0 Å². The average molecular weight is 365 g/mol. The van der Waals surface area contributed by atoms with Crippen LogP contribution in [0.3, 0.4) is 0 Å². The molecule has 1 saturated carbocycles. The Bertz CT molecular complexity index is 693. The van der Waals surface area contributed by atoms with Gasteiger partial charge in [0.25, 0.3) is 0 Å². The third-order valence-electron chi connectivity index (χ3n) is 5.00. The average Bonchev–Trinajstić information content (AvgIpc) is 3.46. The molecule has 0 spiro atoms. The van der Waals surface area contributed by atoms with Gasteiger partial charge in [-0.2, -0.15) is 4.31 Å². The fraction of sp³-hybridized carbons (Fsp3) is 0.611. The van der Waals surface area contributed by atoms with Crippen molar-refractivity contribution in [2.24, 2.45) is 11.7 Å². The Kier molecular flexibility index (Phi) is 5.76. The van der Waals surface area contributed by atoms with E-state index >= 15 is 0 Å². The van der Waals surface area contributed by atoms with Gasteiger partial charge in [-0.05, 0) is 49.3 Å². The van der Waals surface area contributed by atoms with Crippen molar-refractivity contribution in [3.05, 3.63) is 29.8 Å². The van der Waals surface area contributed by atoms with Crippen LogP contribution in [-0.2, 0) is 21.2 Å². The van der Waals surface area contributed by atoms with Crippen LogP contribution in [0.2, 0.25) is 0 Å². The summed E-state index contributed by atoms with van der Waals surface area (Å²) in [5.41, 5.74) is 6.77. The van der Waals surface area contributed by atoms with Gasteiger partial charge in [-0.1, -0.05) is 18.6 Å². The second-order valence-electron chi connectivity index (χ2n) is 7.09. The van der Waals surface area contributed by atoms with E-state index in [4.69, 9.17) is 5.73 Å². The molecule has 138 valence electrons. The summed E-state index contributed by atoms with van der Waals surface area (Å²) < 4.78 is 26.8. The van der Waals surface area contributed by atoms with Gasteiger partial charge in [0.05, 0.1) is 11.3 Å². The normalized spacial score (nSPS) is 20.2. The Morgan fingerprint density at radius 1 is 1.16 bits per heavy atom. The number of nitrogens with two attached hydrogens (primary N) is 1. The minimum absolute atomic E-state index is 0.0426. The topological polar surface area (TPSA) is 92.5 Å². The number of nitrogens with one attached hydrogen (secondary N) is 1. The van der Waals surface area contributed by atoms with E-state index in [-0.39, 0.29) is 18.4 Å². The molecule has 2 aliphatic rings. The van der Waals surface area contributed by atoms with E-state index in [1.165, 1.54) is 0 Å².